The summed E-state index contributed by atoms with van der Waals surface area (Å²) in [5.41, 5.74) is 0.691. The van der Waals surface area contributed by atoms with Crippen LogP contribution < -0.4 is 15.1 Å². The van der Waals surface area contributed by atoms with E-state index in [9.17, 15) is 13.2 Å². The fourth-order valence-electron chi connectivity index (χ4n) is 3.02. The zero-order chi connectivity index (χ0) is 18.2. The number of sulfone groups is 1. The lowest BCUT2D eigenvalue weighted by molar-refractivity contribution is -1.01. The molecule has 0 radical (unpaired) electrons. The number of amides is 1. The van der Waals surface area contributed by atoms with E-state index in [1.165, 1.54) is 27.4 Å². The molecule has 0 bridgehead atoms. The molecule has 0 unspecified atom stereocenters. The molecular weight excluding hydrogens is 360 g/mol. The SMILES string of the molecule is C[C@@H](C(=O)Nc1nc2ccc(S(C)(=O)=O)cc2s1)[NH+]1CC[NH+](C)CC1. The van der Waals surface area contributed by atoms with Gasteiger partial charge in [-0.3, -0.25) is 10.1 Å². The standard InChI is InChI=1S/C16H22N4O3S2/c1-11(20-8-6-19(2)7-9-20)15(21)18-16-17-13-5-4-12(25(3,22)23)10-14(13)24-16/h4-5,10-11H,6-9H2,1-3H3,(H,17,18,21)/p+2/t11-/m0/s1. The minimum atomic E-state index is -3.25. The van der Waals surface area contributed by atoms with Gasteiger partial charge in [0.2, 0.25) is 0 Å². The van der Waals surface area contributed by atoms with Gasteiger partial charge >= 0.3 is 0 Å². The van der Waals surface area contributed by atoms with Gasteiger partial charge in [-0.25, -0.2) is 13.4 Å². The predicted octanol–water partition coefficient (Wildman–Crippen LogP) is -1.56. The van der Waals surface area contributed by atoms with Crippen molar-refractivity contribution in [2.75, 3.05) is 44.8 Å². The van der Waals surface area contributed by atoms with Crippen LogP contribution in [-0.4, -0.2) is 64.8 Å². The Bertz CT molecular complexity index is 886. The molecule has 136 valence electrons. The van der Waals surface area contributed by atoms with Gasteiger partial charge in [-0.05, 0) is 25.1 Å². The molecule has 1 fully saturated rings. The van der Waals surface area contributed by atoms with Crippen molar-refractivity contribution in [1.29, 1.82) is 0 Å². The van der Waals surface area contributed by atoms with Crippen LogP contribution in [-0.2, 0) is 14.6 Å². The van der Waals surface area contributed by atoms with Gasteiger partial charge in [0.05, 0.1) is 22.2 Å². The average molecular weight is 385 g/mol. The third-order valence-corrected chi connectivity index (χ3v) is 6.81. The van der Waals surface area contributed by atoms with Crippen molar-refractivity contribution in [3.63, 3.8) is 0 Å². The van der Waals surface area contributed by atoms with Crippen LogP contribution >= 0.6 is 11.3 Å². The number of likely N-dealkylation sites (N-methyl/N-ethyl adjacent to an activating group) is 1. The summed E-state index contributed by atoms with van der Waals surface area (Å²) in [6.45, 7) is 6.06. The van der Waals surface area contributed by atoms with E-state index in [2.05, 4.69) is 17.3 Å². The molecule has 1 atom stereocenters. The topological polar surface area (TPSA) is 85.0 Å². The van der Waals surface area contributed by atoms with Crippen LogP contribution in [0, 0.1) is 0 Å². The summed E-state index contributed by atoms with van der Waals surface area (Å²) in [7, 11) is -1.08. The first kappa shape index (κ1) is 18.2. The number of nitrogens with one attached hydrogen (secondary N) is 3. The lowest BCUT2D eigenvalue weighted by Gasteiger charge is -2.30. The van der Waals surface area contributed by atoms with Crippen LogP contribution in [0.4, 0.5) is 5.13 Å². The first-order valence-corrected chi connectivity index (χ1v) is 11.0. The van der Waals surface area contributed by atoms with E-state index in [0.29, 0.717) is 10.6 Å². The number of carbonyl (C=O) groups is 1. The molecule has 1 aliphatic heterocycles. The van der Waals surface area contributed by atoms with E-state index in [1.54, 1.807) is 18.2 Å². The normalized spacial score (nSPS) is 22.7. The maximum Gasteiger partial charge on any atom is 0.284 e. The number of benzene rings is 1. The summed E-state index contributed by atoms with van der Waals surface area (Å²) >= 11 is 1.30. The molecule has 1 aromatic heterocycles. The summed E-state index contributed by atoms with van der Waals surface area (Å²) in [5, 5.41) is 3.40. The molecule has 1 aromatic carbocycles. The first-order valence-electron chi connectivity index (χ1n) is 8.31. The largest absolute Gasteiger partial charge is 0.328 e. The molecule has 0 spiro atoms. The molecule has 0 aliphatic carbocycles. The van der Waals surface area contributed by atoms with Crippen molar-refractivity contribution >= 4 is 42.4 Å². The molecule has 1 aliphatic rings. The second-order valence-corrected chi connectivity index (χ2v) is 9.79. The molecule has 7 nitrogen and oxygen atoms in total. The summed E-state index contributed by atoms with van der Waals surface area (Å²) in [6, 6.07) is 4.69. The lowest BCUT2D eigenvalue weighted by Crippen LogP contribution is -3.29. The summed E-state index contributed by atoms with van der Waals surface area (Å²) in [6.07, 6.45) is 1.18. The third kappa shape index (κ3) is 4.17. The van der Waals surface area contributed by atoms with E-state index in [4.69, 9.17) is 0 Å². The van der Waals surface area contributed by atoms with Crippen molar-refractivity contribution < 1.29 is 23.0 Å². The number of anilines is 1. The van der Waals surface area contributed by atoms with Gasteiger partial charge in [-0.2, -0.15) is 0 Å². The molecule has 9 heteroatoms. The predicted molar refractivity (Wildman–Crippen MR) is 98.1 cm³/mol. The highest BCUT2D eigenvalue weighted by Gasteiger charge is 2.30. The highest BCUT2D eigenvalue weighted by molar-refractivity contribution is 7.90. The van der Waals surface area contributed by atoms with Crippen molar-refractivity contribution in [3.05, 3.63) is 18.2 Å². The van der Waals surface area contributed by atoms with Crippen LogP contribution in [0.1, 0.15) is 6.92 Å². The van der Waals surface area contributed by atoms with Crippen LogP contribution in [0.2, 0.25) is 0 Å². The zero-order valence-corrected chi connectivity index (χ0v) is 16.3. The van der Waals surface area contributed by atoms with E-state index < -0.39 is 9.84 Å². The van der Waals surface area contributed by atoms with Crippen LogP contribution in [0.15, 0.2) is 23.1 Å². The third-order valence-electron chi connectivity index (χ3n) is 4.77. The fourth-order valence-corrected chi connectivity index (χ4v) is 4.65. The number of hydrogen-bond donors (Lipinski definition) is 3. The Balaban J connectivity index is 1.73. The molecule has 2 aromatic rings. The van der Waals surface area contributed by atoms with Gasteiger partial charge in [0.1, 0.15) is 26.2 Å². The van der Waals surface area contributed by atoms with E-state index in [1.807, 2.05) is 6.92 Å². The van der Waals surface area contributed by atoms with Crippen molar-refractivity contribution in [2.45, 2.75) is 17.9 Å². The first-order chi connectivity index (χ1) is 11.7. The Hall–Kier alpha value is -1.55. The number of nitrogens with zero attached hydrogens (tertiary/aromatic N) is 1. The molecule has 3 rings (SSSR count). The number of thiazole rings is 1. The second kappa shape index (κ2) is 6.99. The van der Waals surface area contributed by atoms with Crippen molar-refractivity contribution in [1.82, 2.24) is 4.98 Å². The van der Waals surface area contributed by atoms with E-state index in [0.717, 1.165) is 30.9 Å². The smallest absolute Gasteiger partial charge is 0.284 e. The Labute approximate surface area is 151 Å². The molecule has 2 heterocycles. The number of fused-ring (bicyclic) bond motifs is 1. The monoisotopic (exact) mass is 384 g/mol. The Morgan fingerprint density at radius 3 is 2.60 bits per heavy atom. The quantitative estimate of drug-likeness (QED) is 0.595. The Kier molecular flexibility index (Phi) is 5.10. The molecule has 3 N–H and O–H groups in total. The molecule has 0 saturated carbocycles. The average Bonchev–Trinajstić information content (AvgIpc) is 2.95. The number of aromatic nitrogens is 1. The number of hydrogen-bond acceptors (Lipinski definition) is 5. The highest BCUT2D eigenvalue weighted by atomic mass is 32.2. The maximum atomic E-state index is 12.5. The highest BCUT2D eigenvalue weighted by Crippen LogP contribution is 2.28. The van der Waals surface area contributed by atoms with Crippen molar-refractivity contribution in [3.8, 4) is 0 Å². The summed E-state index contributed by atoms with van der Waals surface area (Å²) in [4.78, 5) is 20.0. The zero-order valence-electron chi connectivity index (χ0n) is 14.6. The van der Waals surface area contributed by atoms with Gasteiger partial charge in [0.25, 0.3) is 5.91 Å². The number of carbonyl (C=O) groups excluding carboxylic acids is 1. The summed E-state index contributed by atoms with van der Waals surface area (Å²) < 4.78 is 24.1. The number of rotatable bonds is 4. The Morgan fingerprint density at radius 2 is 1.96 bits per heavy atom. The van der Waals surface area contributed by atoms with Crippen LogP contribution in [0.5, 0.6) is 0 Å². The number of piperazine rings is 1. The maximum absolute atomic E-state index is 12.5. The van der Waals surface area contributed by atoms with Crippen LogP contribution in [0.25, 0.3) is 10.2 Å². The van der Waals surface area contributed by atoms with Gasteiger partial charge in [0, 0.05) is 6.26 Å². The number of quaternary nitrogens is 2. The van der Waals surface area contributed by atoms with Crippen LogP contribution in [0.3, 0.4) is 0 Å². The molecule has 1 amide bonds. The van der Waals surface area contributed by atoms with Gasteiger partial charge in [-0.1, -0.05) is 11.3 Å². The van der Waals surface area contributed by atoms with E-state index >= 15 is 0 Å². The molecule has 25 heavy (non-hydrogen) atoms. The second-order valence-electron chi connectivity index (χ2n) is 6.75. The van der Waals surface area contributed by atoms with E-state index in [-0.39, 0.29) is 16.8 Å². The minimum Gasteiger partial charge on any atom is -0.328 e. The minimum absolute atomic E-state index is 0.0445. The fraction of sp³-hybridized carbons (Fsp3) is 0.500. The van der Waals surface area contributed by atoms with Gasteiger partial charge in [-0.15, -0.1) is 0 Å². The van der Waals surface area contributed by atoms with Gasteiger partial charge < -0.3 is 9.80 Å². The Morgan fingerprint density at radius 1 is 1.28 bits per heavy atom. The molecule has 1 saturated heterocycles. The van der Waals surface area contributed by atoms with Crippen molar-refractivity contribution in [2.24, 2.45) is 0 Å². The summed E-state index contributed by atoms with van der Waals surface area (Å²) in [5.74, 6) is -0.0445. The van der Waals surface area contributed by atoms with Gasteiger partial charge in [0.15, 0.2) is 21.0 Å². The lowest BCUT2D eigenvalue weighted by atomic mass is 10.2. The molecular formula is C16H24N4O3S2+2.